The number of quaternary nitrogens is 2. The van der Waals surface area contributed by atoms with Gasteiger partial charge in [0.05, 0.1) is 0 Å². The molecule has 0 aliphatic carbocycles. The van der Waals surface area contributed by atoms with Crippen LogP contribution in [0.2, 0.25) is 0 Å². The molecule has 122 valence electrons. The van der Waals surface area contributed by atoms with Crippen LogP contribution in [0.1, 0.15) is 23.0 Å². The van der Waals surface area contributed by atoms with Gasteiger partial charge in [-0.2, -0.15) is 0 Å². The van der Waals surface area contributed by atoms with Gasteiger partial charge in [0.25, 0.3) is 6.17 Å². The van der Waals surface area contributed by atoms with Crippen LogP contribution in [-0.2, 0) is 13.1 Å². The maximum Gasteiger partial charge on any atom is 0.256 e. The monoisotopic (exact) mass is 319 g/mol. The lowest BCUT2D eigenvalue weighted by atomic mass is 10.2. The number of hydrogen-bond acceptors (Lipinski definition) is 0. The number of nitrogens with one attached hydrogen (secondary N) is 3. The third kappa shape index (κ3) is 3.28. The molecule has 0 spiro atoms. The molecule has 1 aliphatic heterocycles. The zero-order chi connectivity index (χ0) is 16.2. The first-order valence-corrected chi connectivity index (χ1v) is 8.80. The topological polar surface area (TPSA) is 24.7 Å². The van der Waals surface area contributed by atoms with Crippen molar-refractivity contribution in [1.29, 1.82) is 0 Å². The Kier molecular flexibility index (Phi) is 4.45. The molecule has 1 fully saturated rings. The number of rotatable bonds is 5. The Morgan fingerprint density at radius 2 is 1.25 bits per heavy atom. The molecule has 0 amide bonds. The van der Waals surface area contributed by atoms with Gasteiger partial charge in [0.1, 0.15) is 31.9 Å². The summed E-state index contributed by atoms with van der Waals surface area (Å²) >= 11 is 0. The van der Waals surface area contributed by atoms with E-state index in [4.69, 9.17) is 0 Å². The fourth-order valence-electron chi connectivity index (χ4n) is 3.96. The average Bonchev–Trinajstić information content (AvgIpc) is 3.27. The van der Waals surface area contributed by atoms with E-state index in [1.807, 2.05) is 6.20 Å². The highest BCUT2D eigenvalue weighted by Gasteiger charge is 2.41. The van der Waals surface area contributed by atoms with Gasteiger partial charge >= 0.3 is 0 Å². The Morgan fingerprint density at radius 3 is 1.71 bits per heavy atom. The lowest BCUT2D eigenvalue weighted by Gasteiger charge is -2.23. The van der Waals surface area contributed by atoms with E-state index in [-0.39, 0.29) is 0 Å². The number of aromatic nitrogens is 1. The van der Waals surface area contributed by atoms with Crippen LogP contribution in [0.3, 0.4) is 0 Å². The first-order valence-electron chi connectivity index (χ1n) is 8.80. The summed E-state index contributed by atoms with van der Waals surface area (Å²) < 4.78 is 0. The number of H-pyrrole nitrogens is 1. The Morgan fingerprint density at radius 1 is 0.708 bits per heavy atom. The molecule has 4 rings (SSSR count). The van der Waals surface area contributed by atoms with Crippen LogP contribution in [0.4, 0.5) is 0 Å². The smallest absolute Gasteiger partial charge is 0.256 e. The summed E-state index contributed by atoms with van der Waals surface area (Å²) in [6, 6.07) is 26.1. The highest BCUT2D eigenvalue weighted by molar-refractivity contribution is 5.14. The quantitative estimate of drug-likeness (QED) is 0.630. The summed E-state index contributed by atoms with van der Waals surface area (Å²) in [5, 5.41) is 0. The minimum absolute atomic E-state index is 0.473. The van der Waals surface area contributed by atoms with Gasteiger partial charge in [0.2, 0.25) is 0 Å². The van der Waals surface area contributed by atoms with Crippen molar-refractivity contribution < 1.29 is 9.80 Å². The summed E-state index contributed by atoms with van der Waals surface area (Å²) in [5.41, 5.74) is 4.19. The van der Waals surface area contributed by atoms with Crippen molar-refractivity contribution in [3.63, 3.8) is 0 Å². The minimum Gasteiger partial charge on any atom is -0.355 e. The van der Waals surface area contributed by atoms with E-state index >= 15 is 0 Å². The van der Waals surface area contributed by atoms with Gasteiger partial charge in [0, 0.05) is 17.3 Å². The van der Waals surface area contributed by atoms with Crippen LogP contribution in [0.15, 0.2) is 79.0 Å². The van der Waals surface area contributed by atoms with Crippen LogP contribution in [0, 0.1) is 0 Å². The predicted octanol–water partition coefficient (Wildman–Crippen LogP) is 1.20. The highest BCUT2D eigenvalue weighted by Crippen LogP contribution is 2.06. The first-order chi connectivity index (χ1) is 11.9. The fraction of sp³-hybridized carbons (Fsp3) is 0.238. The SMILES string of the molecule is c1ccc(C[NH+]2CC[NH+](Cc3ccccc3)C2c2ccc[nH]2)cc1. The standard InChI is InChI=1S/C21H23N3/c1-3-8-18(9-4-1)16-23-14-15-24(17-19-10-5-2-6-11-19)21(23)20-12-7-13-22-20/h1-13,21-22H,14-17H2/p+2. The number of aromatic amines is 1. The Balaban J connectivity index is 1.56. The second-order valence-electron chi connectivity index (χ2n) is 6.70. The molecule has 1 aromatic heterocycles. The summed E-state index contributed by atoms with van der Waals surface area (Å²) in [6.45, 7) is 4.59. The van der Waals surface area contributed by atoms with Crippen molar-refractivity contribution in [2.45, 2.75) is 19.3 Å². The third-order valence-electron chi connectivity index (χ3n) is 5.06. The molecule has 1 saturated heterocycles. The number of benzene rings is 2. The van der Waals surface area contributed by atoms with E-state index in [1.165, 1.54) is 29.9 Å². The van der Waals surface area contributed by atoms with Gasteiger partial charge in [-0.1, -0.05) is 60.7 Å². The summed E-state index contributed by atoms with van der Waals surface area (Å²) in [6.07, 6.45) is 2.52. The van der Waals surface area contributed by atoms with E-state index in [9.17, 15) is 0 Å². The lowest BCUT2D eigenvalue weighted by Crippen LogP contribution is -3.22. The van der Waals surface area contributed by atoms with Crippen molar-refractivity contribution in [1.82, 2.24) is 4.98 Å². The lowest BCUT2D eigenvalue weighted by molar-refractivity contribution is -1.09. The Hall–Kier alpha value is -2.36. The molecule has 0 saturated carbocycles. The van der Waals surface area contributed by atoms with Gasteiger partial charge in [-0.15, -0.1) is 0 Å². The maximum absolute atomic E-state index is 3.47. The molecular formula is C21H25N3+2. The predicted molar refractivity (Wildman–Crippen MR) is 95.5 cm³/mol. The zero-order valence-corrected chi connectivity index (χ0v) is 13.9. The Bertz CT molecular complexity index is 688. The molecule has 2 atom stereocenters. The van der Waals surface area contributed by atoms with Gasteiger partial charge in [0.15, 0.2) is 0 Å². The number of hydrogen-bond donors (Lipinski definition) is 3. The van der Waals surface area contributed by atoms with Gasteiger partial charge in [-0.3, -0.25) is 9.80 Å². The second kappa shape index (κ2) is 7.04. The van der Waals surface area contributed by atoms with E-state index in [1.54, 1.807) is 9.80 Å². The molecule has 3 heteroatoms. The molecule has 2 aromatic carbocycles. The van der Waals surface area contributed by atoms with Crippen molar-refractivity contribution in [2.24, 2.45) is 0 Å². The molecule has 3 nitrogen and oxygen atoms in total. The van der Waals surface area contributed by atoms with Crippen molar-refractivity contribution in [3.8, 4) is 0 Å². The average molecular weight is 319 g/mol. The molecule has 24 heavy (non-hydrogen) atoms. The van der Waals surface area contributed by atoms with E-state index in [0.29, 0.717) is 6.17 Å². The van der Waals surface area contributed by atoms with Crippen LogP contribution in [-0.4, -0.2) is 18.1 Å². The molecule has 2 heterocycles. The van der Waals surface area contributed by atoms with Gasteiger partial charge < -0.3 is 4.98 Å². The van der Waals surface area contributed by atoms with Gasteiger partial charge in [-0.25, -0.2) is 0 Å². The molecule has 3 N–H and O–H groups in total. The summed E-state index contributed by atoms with van der Waals surface area (Å²) in [4.78, 5) is 6.76. The summed E-state index contributed by atoms with van der Waals surface area (Å²) in [5.74, 6) is 0. The first kappa shape index (κ1) is 15.2. The van der Waals surface area contributed by atoms with Crippen LogP contribution < -0.4 is 9.80 Å². The van der Waals surface area contributed by atoms with Crippen LogP contribution in [0.25, 0.3) is 0 Å². The zero-order valence-electron chi connectivity index (χ0n) is 13.9. The van der Waals surface area contributed by atoms with Crippen molar-refractivity contribution in [3.05, 3.63) is 95.8 Å². The normalized spacial score (nSPS) is 23.4. The maximum atomic E-state index is 3.47. The van der Waals surface area contributed by atoms with Crippen LogP contribution in [0.5, 0.6) is 0 Å². The second-order valence-corrected chi connectivity index (χ2v) is 6.70. The van der Waals surface area contributed by atoms with Crippen molar-refractivity contribution >= 4 is 0 Å². The van der Waals surface area contributed by atoms with E-state index < -0.39 is 0 Å². The molecule has 3 aromatic rings. The summed E-state index contributed by atoms with van der Waals surface area (Å²) in [7, 11) is 0. The molecular weight excluding hydrogens is 294 g/mol. The minimum atomic E-state index is 0.473. The molecule has 0 radical (unpaired) electrons. The fourth-order valence-corrected chi connectivity index (χ4v) is 3.96. The van der Waals surface area contributed by atoms with E-state index in [0.717, 1.165) is 13.1 Å². The Labute approximate surface area is 143 Å². The van der Waals surface area contributed by atoms with Crippen LogP contribution >= 0.6 is 0 Å². The van der Waals surface area contributed by atoms with Gasteiger partial charge in [-0.05, 0) is 12.1 Å². The highest BCUT2D eigenvalue weighted by atomic mass is 15.4. The molecule has 0 bridgehead atoms. The molecule has 1 aliphatic rings. The van der Waals surface area contributed by atoms with Crippen molar-refractivity contribution in [2.75, 3.05) is 13.1 Å². The van der Waals surface area contributed by atoms with E-state index in [2.05, 4.69) is 77.8 Å². The largest absolute Gasteiger partial charge is 0.355 e. The third-order valence-corrected chi connectivity index (χ3v) is 5.06. The molecule has 2 unspecified atom stereocenters.